The van der Waals surface area contributed by atoms with Crippen molar-refractivity contribution in [3.8, 4) is 5.75 Å². The molecular formula is C18H26N2O5S. The number of ether oxygens (including phenoxy) is 1. The topological polar surface area (TPSA) is 92.8 Å². The number of nitrogens with zero attached hydrogens (tertiary/aromatic N) is 1. The van der Waals surface area contributed by atoms with E-state index >= 15 is 0 Å². The number of hydrogen-bond acceptors (Lipinski definition) is 5. The van der Waals surface area contributed by atoms with Gasteiger partial charge in [-0.2, -0.15) is 0 Å². The summed E-state index contributed by atoms with van der Waals surface area (Å²) in [6, 6.07) is 7.28. The smallest absolute Gasteiger partial charge is 0.241 e. The molecule has 0 spiro atoms. The molecule has 0 bridgehead atoms. The van der Waals surface area contributed by atoms with Crippen LogP contribution < -0.4 is 9.46 Å². The summed E-state index contributed by atoms with van der Waals surface area (Å²) in [4.78, 5) is 26.6. The molecule has 1 aliphatic rings. The number of carbonyl (C=O) groups excluding carboxylic acids is 2. The van der Waals surface area contributed by atoms with E-state index in [0.717, 1.165) is 5.56 Å². The number of methoxy groups -OCH3 is 1. The van der Waals surface area contributed by atoms with Gasteiger partial charge < -0.3 is 9.64 Å². The Kier molecular flexibility index (Phi) is 6.28. The van der Waals surface area contributed by atoms with Crippen molar-refractivity contribution in [2.24, 2.45) is 5.41 Å². The highest BCUT2D eigenvalue weighted by Gasteiger charge is 2.43. The van der Waals surface area contributed by atoms with Gasteiger partial charge in [-0.05, 0) is 37.5 Å². The van der Waals surface area contributed by atoms with Crippen molar-refractivity contribution in [2.75, 3.05) is 26.0 Å². The van der Waals surface area contributed by atoms with Gasteiger partial charge in [-0.1, -0.05) is 19.1 Å². The van der Waals surface area contributed by atoms with Crippen LogP contribution in [0.5, 0.6) is 5.75 Å². The molecule has 1 aliphatic heterocycles. The largest absolute Gasteiger partial charge is 0.497 e. The van der Waals surface area contributed by atoms with Gasteiger partial charge in [0.2, 0.25) is 21.8 Å². The highest BCUT2D eigenvalue weighted by molar-refractivity contribution is 7.90. The van der Waals surface area contributed by atoms with Crippen molar-refractivity contribution in [3.05, 3.63) is 29.8 Å². The van der Waals surface area contributed by atoms with Crippen molar-refractivity contribution in [3.63, 3.8) is 0 Å². The Labute approximate surface area is 154 Å². The van der Waals surface area contributed by atoms with Crippen LogP contribution in [0.3, 0.4) is 0 Å². The maximum atomic E-state index is 12.5. The Morgan fingerprint density at radius 3 is 2.73 bits per heavy atom. The molecule has 0 aromatic heterocycles. The minimum absolute atomic E-state index is 0.0900. The molecule has 1 atom stereocenters. The maximum Gasteiger partial charge on any atom is 0.241 e. The zero-order valence-electron chi connectivity index (χ0n) is 15.4. The molecule has 1 heterocycles. The molecule has 0 saturated carbocycles. The highest BCUT2D eigenvalue weighted by Crippen LogP contribution is 2.31. The summed E-state index contributed by atoms with van der Waals surface area (Å²) in [7, 11) is -2.05. The monoisotopic (exact) mass is 382 g/mol. The molecule has 0 radical (unpaired) electrons. The standard InChI is InChI=1S/C18H26N2O5S/c1-4-10-26(23,24)19-17(22)18(2)8-9-20(13-18)16(21)12-14-6-5-7-15(11-14)25-3/h5-7,11H,4,8-10,12-13H2,1-3H3,(H,19,22). The van der Waals surface area contributed by atoms with Crippen molar-refractivity contribution in [1.29, 1.82) is 0 Å². The molecular weight excluding hydrogens is 356 g/mol. The van der Waals surface area contributed by atoms with Crippen LogP contribution >= 0.6 is 0 Å². The number of nitrogens with one attached hydrogen (secondary N) is 1. The van der Waals surface area contributed by atoms with Gasteiger partial charge in [-0.25, -0.2) is 8.42 Å². The summed E-state index contributed by atoms with van der Waals surface area (Å²) in [5.74, 6) is -0.0382. The lowest BCUT2D eigenvalue weighted by Gasteiger charge is -2.23. The first-order chi connectivity index (χ1) is 12.2. The minimum Gasteiger partial charge on any atom is -0.497 e. The van der Waals surface area contributed by atoms with Gasteiger partial charge in [-0.3, -0.25) is 14.3 Å². The third-order valence-electron chi connectivity index (χ3n) is 4.58. The first-order valence-corrected chi connectivity index (χ1v) is 10.3. The summed E-state index contributed by atoms with van der Waals surface area (Å²) < 4.78 is 31.0. The van der Waals surface area contributed by atoms with Gasteiger partial charge in [0.25, 0.3) is 0 Å². The second-order valence-corrected chi connectivity index (χ2v) is 8.75. The quantitative estimate of drug-likeness (QED) is 0.768. The second kappa shape index (κ2) is 8.07. The van der Waals surface area contributed by atoms with E-state index < -0.39 is 21.3 Å². The van der Waals surface area contributed by atoms with E-state index in [-0.39, 0.29) is 24.6 Å². The van der Waals surface area contributed by atoms with Gasteiger partial charge in [0.15, 0.2) is 0 Å². The number of hydrogen-bond donors (Lipinski definition) is 1. The molecule has 8 heteroatoms. The van der Waals surface area contributed by atoms with E-state index in [1.54, 1.807) is 31.9 Å². The average molecular weight is 382 g/mol. The molecule has 1 unspecified atom stereocenters. The van der Waals surface area contributed by atoms with Crippen LogP contribution in [-0.2, 0) is 26.0 Å². The summed E-state index contributed by atoms with van der Waals surface area (Å²) in [5.41, 5.74) is -0.0666. The number of benzene rings is 1. The number of amides is 2. The predicted molar refractivity (Wildman–Crippen MR) is 98.2 cm³/mol. The molecule has 1 fully saturated rings. The Morgan fingerprint density at radius 1 is 1.35 bits per heavy atom. The lowest BCUT2D eigenvalue weighted by atomic mass is 9.89. The first kappa shape index (κ1) is 20.2. The number of likely N-dealkylation sites (tertiary alicyclic amines) is 1. The van der Waals surface area contributed by atoms with Gasteiger partial charge in [0.1, 0.15) is 5.75 Å². The molecule has 1 aromatic carbocycles. The van der Waals surface area contributed by atoms with Gasteiger partial charge >= 0.3 is 0 Å². The van der Waals surface area contributed by atoms with Crippen LogP contribution in [0.2, 0.25) is 0 Å². The Morgan fingerprint density at radius 2 is 2.08 bits per heavy atom. The predicted octanol–water partition coefficient (Wildman–Crippen LogP) is 1.33. The number of sulfonamides is 1. The number of carbonyl (C=O) groups is 2. The zero-order chi connectivity index (χ0) is 19.4. The Balaban J connectivity index is 1.99. The van der Waals surface area contributed by atoms with Crippen molar-refractivity contribution in [2.45, 2.75) is 33.1 Å². The van der Waals surface area contributed by atoms with Crippen LogP contribution in [0.4, 0.5) is 0 Å². The summed E-state index contributed by atoms with van der Waals surface area (Å²) >= 11 is 0. The van der Waals surface area contributed by atoms with E-state index in [1.807, 2.05) is 18.2 Å². The molecule has 1 N–H and O–H groups in total. The van der Waals surface area contributed by atoms with Gasteiger partial charge in [0.05, 0.1) is 24.7 Å². The van der Waals surface area contributed by atoms with Gasteiger partial charge in [-0.15, -0.1) is 0 Å². The molecule has 2 rings (SSSR count). The third kappa shape index (κ3) is 4.97. The molecule has 1 aromatic rings. The second-order valence-electron chi connectivity index (χ2n) is 6.90. The number of rotatable bonds is 7. The fourth-order valence-electron chi connectivity index (χ4n) is 3.01. The molecule has 7 nitrogen and oxygen atoms in total. The summed E-state index contributed by atoms with van der Waals surface area (Å²) in [5, 5.41) is 0. The summed E-state index contributed by atoms with van der Waals surface area (Å²) in [6.07, 6.45) is 1.08. The van der Waals surface area contributed by atoms with E-state index in [2.05, 4.69) is 4.72 Å². The third-order valence-corrected chi connectivity index (χ3v) is 6.03. The fraction of sp³-hybridized carbons (Fsp3) is 0.556. The van der Waals surface area contributed by atoms with E-state index in [9.17, 15) is 18.0 Å². The van der Waals surface area contributed by atoms with Crippen LogP contribution in [0.25, 0.3) is 0 Å². The van der Waals surface area contributed by atoms with Crippen molar-refractivity contribution >= 4 is 21.8 Å². The summed E-state index contributed by atoms with van der Waals surface area (Å²) in [6.45, 7) is 4.08. The van der Waals surface area contributed by atoms with Crippen molar-refractivity contribution in [1.82, 2.24) is 9.62 Å². The Bertz CT molecular complexity index is 778. The van der Waals surface area contributed by atoms with Gasteiger partial charge in [0, 0.05) is 13.1 Å². The normalized spacial score (nSPS) is 20.0. The molecule has 1 saturated heterocycles. The Hall–Kier alpha value is -2.09. The lowest BCUT2D eigenvalue weighted by Crippen LogP contribution is -2.45. The average Bonchev–Trinajstić information content (AvgIpc) is 2.98. The minimum atomic E-state index is -3.62. The van der Waals surface area contributed by atoms with Crippen molar-refractivity contribution < 1.29 is 22.7 Å². The zero-order valence-corrected chi connectivity index (χ0v) is 16.3. The molecule has 26 heavy (non-hydrogen) atoms. The SMILES string of the molecule is CCCS(=O)(=O)NC(=O)C1(C)CCN(C(=O)Cc2cccc(OC)c2)C1. The molecule has 144 valence electrons. The fourth-order valence-corrected chi connectivity index (χ4v) is 4.18. The van der Waals surface area contributed by atoms with Crippen LogP contribution in [0.1, 0.15) is 32.3 Å². The highest BCUT2D eigenvalue weighted by atomic mass is 32.2. The van der Waals surface area contributed by atoms with Crippen LogP contribution in [-0.4, -0.2) is 51.1 Å². The van der Waals surface area contributed by atoms with Crippen LogP contribution in [0, 0.1) is 5.41 Å². The van der Waals surface area contributed by atoms with E-state index in [4.69, 9.17) is 4.74 Å². The van der Waals surface area contributed by atoms with E-state index in [0.29, 0.717) is 25.1 Å². The van der Waals surface area contributed by atoms with Crippen LogP contribution in [0.15, 0.2) is 24.3 Å². The first-order valence-electron chi connectivity index (χ1n) is 8.65. The van der Waals surface area contributed by atoms with E-state index in [1.165, 1.54) is 0 Å². The molecule has 2 amide bonds. The maximum absolute atomic E-state index is 12.5. The molecule has 0 aliphatic carbocycles. The lowest BCUT2D eigenvalue weighted by molar-refractivity contribution is -0.131.